The molecule has 0 spiro atoms. The summed E-state index contributed by atoms with van der Waals surface area (Å²) in [6.45, 7) is 0.420. The first-order valence-corrected chi connectivity index (χ1v) is 5.63. The second kappa shape index (κ2) is 5.24. The van der Waals surface area contributed by atoms with Crippen LogP contribution in [0, 0.1) is 0 Å². The molecule has 0 radical (unpaired) electrons. The normalized spacial score (nSPS) is 10.1. The van der Waals surface area contributed by atoms with Crippen LogP contribution in [-0.2, 0) is 6.61 Å². The Morgan fingerprint density at radius 2 is 1.62 bits per heavy atom. The summed E-state index contributed by atoms with van der Waals surface area (Å²) >= 11 is 12.0. The maximum atomic E-state index is 6.05. The molecule has 0 unspecified atom stereocenters. The standard InChI is InChI=1S/C13H10Cl2O/c14-12-8-4-5-10(13(12)15)9-16-11-6-2-1-3-7-11/h1-8H,9H2. The van der Waals surface area contributed by atoms with Gasteiger partial charge in [-0.15, -0.1) is 0 Å². The van der Waals surface area contributed by atoms with Crippen molar-refractivity contribution >= 4 is 23.2 Å². The van der Waals surface area contributed by atoms with Crippen molar-refractivity contribution in [1.82, 2.24) is 0 Å². The highest BCUT2D eigenvalue weighted by molar-refractivity contribution is 6.42. The third-order valence-electron chi connectivity index (χ3n) is 2.17. The molecule has 0 aliphatic carbocycles. The van der Waals surface area contributed by atoms with Gasteiger partial charge >= 0.3 is 0 Å². The molecule has 0 atom stereocenters. The summed E-state index contributed by atoms with van der Waals surface area (Å²) in [5.74, 6) is 0.818. The maximum Gasteiger partial charge on any atom is 0.119 e. The number of para-hydroxylation sites is 1. The number of rotatable bonds is 3. The van der Waals surface area contributed by atoms with Gasteiger partial charge in [-0.05, 0) is 18.2 Å². The van der Waals surface area contributed by atoms with Gasteiger partial charge in [-0.1, -0.05) is 53.5 Å². The number of benzene rings is 2. The Kier molecular flexibility index (Phi) is 3.70. The highest BCUT2D eigenvalue weighted by Crippen LogP contribution is 2.26. The van der Waals surface area contributed by atoms with E-state index in [1.54, 1.807) is 6.07 Å². The van der Waals surface area contributed by atoms with Gasteiger partial charge in [0.05, 0.1) is 10.0 Å². The first-order valence-electron chi connectivity index (χ1n) is 4.88. The van der Waals surface area contributed by atoms with Crippen LogP contribution >= 0.6 is 23.2 Å². The van der Waals surface area contributed by atoms with E-state index in [2.05, 4.69) is 0 Å². The largest absolute Gasteiger partial charge is 0.489 e. The van der Waals surface area contributed by atoms with E-state index in [0.717, 1.165) is 11.3 Å². The van der Waals surface area contributed by atoms with Gasteiger partial charge in [-0.25, -0.2) is 0 Å². The van der Waals surface area contributed by atoms with E-state index < -0.39 is 0 Å². The Labute approximate surface area is 105 Å². The Morgan fingerprint density at radius 1 is 0.875 bits per heavy atom. The number of hydrogen-bond donors (Lipinski definition) is 0. The fraction of sp³-hybridized carbons (Fsp3) is 0.0769. The van der Waals surface area contributed by atoms with Crippen molar-refractivity contribution in [2.45, 2.75) is 6.61 Å². The smallest absolute Gasteiger partial charge is 0.119 e. The van der Waals surface area contributed by atoms with Crippen LogP contribution in [0.4, 0.5) is 0 Å². The van der Waals surface area contributed by atoms with Crippen molar-refractivity contribution in [2.75, 3.05) is 0 Å². The fourth-order valence-electron chi connectivity index (χ4n) is 1.34. The topological polar surface area (TPSA) is 9.23 Å². The molecule has 0 saturated carbocycles. The van der Waals surface area contributed by atoms with Crippen molar-refractivity contribution in [3.05, 3.63) is 64.1 Å². The summed E-state index contributed by atoms with van der Waals surface area (Å²) in [6.07, 6.45) is 0. The molecule has 16 heavy (non-hydrogen) atoms. The van der Waals surface area contributed by atoms with Crippen molar-refractivity contribution in [3.63, 3.8) is 0 Å². The van der Waals surface area contributed by atoms with Gasteiger partial charge in [-0.3, -0.25) is 0 Å². The summed E-state index contributed by atoms with van der Waals surface area (Å²) in [4.78, 5) is 0. The van der Waals surface area contributed by atoms with Gasteiger partial charge in [0.15, 0.2) is 0 Å². The van der Waals surface area contributed by atoms with Crippen LogP contribution in [0.2, 0.25) is 10.0 Å². The highest BCUT2D eigenvalue weighted by atomic mass is 35.5. The molecule has 0 aromatic heterocycles. The van der Waals surface area contributed by atoms with Gasteiger partial charge in [0.25, 0.3) is 0 Å². The molecule has 2 aromatic rings. The first-order chi connectivity index (χ1) is 7.77. The predicted octanol–water partition coefficient (Wildman–Crippen LogP) is 4.57. The lowest BCUT2D eigenvalue weighted by atomic mass is 10.2. The van der Waals surface area contributed by atoms with Gasteiger partial charge in [-0.2, -0.15) is 0 Å². The quantitative estimate of drug-likeness (QED) is 0.778. The van der Waals surface area contributed by atoms with E-state index in [9.17, 15) is 0 Å². The minimum Gasteiger partial charge on any atom is -0.489 e. The van der Waals surface area contributed by atoms with Crippen molar-refractivity contribution < 1.29 is 4.74 Å². The molecular weight excluding hydrogens is 243 g/mol. The first kappa shape index (κ1) is 11.3. The summed E-state index contributed by atoms with van der Waals surface area (Å²) in [5, 5.41) is 1.11. The molecule has 0 aliphatic heterocycles. The van der Waals surface area contributed by atoms with Gasteiger partial charge in [0.1, 0.15) is 12.4 Å². The molecule has 1 nitrogen and oxygen atoms in total. The highest BCUT2D eigenvalue weighted by Gasteiger charge is 2.04. The Bertz CT molecular complexity index is 469. The summed E-state index contributed by atoms with van der Waals surface area (Å²) in [6, 6.07) is 15.1. The average molecular weight is 253 g/mol. The molecule has 0 N–H and O–H groups in total. The molecule has 2 aromatic carbocycles. The number of hydrogen-bond acceptors (Lipinski definition) is 1. The Balaban J connectivity index is 2.08. The van der Waals surface area contributed by atoms with Crippen LogP contribution in [0.25, 0.3) is 0 Å². The molecule has 3 heteroatoms. The molecule has 0 heterocycles. The summed E-state index contributed by atoms with van der Waals surface area (Å²) in [7, 11) is 0. The lowest BCUT2D eigenvalue weighted by Gasteiger charge is -2.08. The zero-order valence-corrected chi connectivity index (χ0v) is 10.0. The van der Waals surface area contributed by atoms with Crippen LogP contribution in [0.5, 0.6) is 5.75 Å². The molecule has 0 saturated heterocycles. The van der Waals surface area contributed by atoms with Crippen LogP contribution < -0.4 is 4.74 Å². The van der Waals surface area contributed by atoms with E-state index in [1.807, 2.05) is 42.5 Å². The van der Waals surface area contributed by atoms with E-state index in [1.165, 1.54) is 0 Å². The monoisotopic (exact) mass is 252 g/mol. The van der Waals surface area contributed by atoms with Crippen LogP contribution in [0.15, 0.2) is 48.5 Å². The average Bonchev–Trinajstić information content (AvgIpc) is 2.32. The van der Waals surface area contributed by atoms with Crippen LogP contribution in [0.1, 0.15) is 5.56 Å². The van der Waals surface area contributed by atoms with Crippen LogP contribution in [0.3, 0.4) is 0 Å². The third-order valence-corrected chi connectivity index (χ3v) is 3.03. The van der Waals surface area contributed by atoms with E-state index in [4.69, 9.17) is 27.9 Å². The molecule has 0 fully saturated rings. The molecule has 2 rings (SSSR count). The lowest BCUT2D eigenvalue weighted by Crippen LogP contribution is -1.96. The summed E-state index contributed by atoms with van der Waals surface area (Å²) < 4.78 is 5.58. The van der Waals surface area contributed by atoms with E-state index in [0.29, 0.717) is 16.7 Å². The van der Waals surface area contributed by atoms with E-state index >= 15 is 0 Å². The lowest BCUT2D eigenvalue weighted by molar-refractivity contribution is 0.306. The van der Waals surface area contributed by atoms with E-state index in [-0.39, 0.29) is 0 Å². The van der Waals surface area contributed by atoms with Gasteiger partial charge in [0.2, 0.25) is 0 Å². The minimum atomic E-state index is 0.420. The molecule has 0 bridgehead atoms. The zero-order valence-electron chi connectivity index (χ0n) is 8.49. The van der Waals surface area contributed by atoms with Gasteiger partial charge < -0.3 is 4.74 Å². The van der Waals surface area contributed by atoms with Gasteiger partial charge in [0, 0.05) is 5.56 Å². The molecule has 82 valence electrons. The Morgan fingerprint density at radius 3 is 2.38 bits per heavy atom. The second-order valence-electron chi connectivity index (χ2n) is 3.31. The molecular formula is C13H10Cl2O. The van der Waals surface area contributed by atoms with Crippen molar-refractivity contribution in [1.29, 1.82) is 0 Å². The van der Waals surface area contributed by atoms with Crippen molar-refractivity contribution in [2.24, 2.45) is 0 Å². The molecule has 0 amide bonds. The SMILES string of the molecule is Clc1cccc(COc2ccccc2)c1Cl. The number of ether oxygens (including phenoxy) is 1. The maximum absolute atomic E-state index is 6.05. The fourth-order valence-corrected chi connectivity index (χ4v) is 1.71. The second-order valence-corrected chi connectivity index (χ2v) is 4.10. The van der Waals surface area contributed by atoms with Crippen molar-refractivity contribution in [3.8, 4) is 5.75 Å². The third kappa shape index (κ3) is 2.69. The Hall–Kier alpha value is -1.18. The number of halogens is 2. The zero-order chi connectivity index (χ0) is 11.4. The minimum absolute atomic E-state index is 0.420. The summed E-state index contributed by atoms with van der Waals surface area (Å²) in [5.41, 5.74) is 0.887. The molecule has 0 aliphatic rings. The predicted molar refractivity (Wildman–Crippen MR) is 67.2 cm³/mol. The van der Waals surface area contributed by atoms with Crippen LogP contribution in [-0.4, -0.2) is 0 Å².